The maximum absolute atomic E-state index is 12.5. The summed E-state index contributed by atoms with van der Waals surface area (Å²) in [7, 11) is 1.33. The molecule has 1 aliphatic heterocycles. The van der Waals surface area contributed by atoms with E-state index in [2.05, 4.69) is 15.0 Å². The molecule has 0 spiro atoms. The van der Waals surface area contributed by atoms with Crippen molar-refractivity contribution in [3.63, 3.8) is 0 Å². The van der Waals surface area contributed by atoms with E-state index in [1.165, 1.54) is 19.2 Å². The highest BCUT2D eigenvalue weighted by Crippen LogP contribution is 2.32. The van der Waals surface area contributed by atoms with E-state index < -0.39 is 12.5 Å². The molecule has 1 N–H and O–H groups in total. The van der Waals surface area contributed by atoms with Crippen molar-refractivity contribution in [2.75, 3.05) is 46.5 Å². The molecule has 0 radical (unpaired) electrons. The van der Waals surface area contributed by atoms with E-state index >= 15 is 0 Å². The number of benzene rings is 1. The molecule has 23 heavy (non-hydrogen) atoms. The van der Waals surface area contributed by atoms with Gasteiger partial charge in [0.25, 0.3) is 5.91 Å². The summed E-state index contributed by atoms with van der Waals surface area (Å²) in [6.07, 6.45) is 0. The van der Waals surface area contributed by atoms with E-state index in [0.29, 0.717) is 26.3 Å². The number of morpholine rings is 1. The number of nitrogens with zero attached hydrogens (tertiary/aromatic N) is 1. The van der Waals surface area contributed by atoms with E-state index in [4.69, 9.17) is 9.47 Å². The lowest BCUT2D eigenvalue weighted by atomic mass is 10.1. The number of amides is 1. The Hall–Kier alpha value is -1.93. The molecule has 0 atom stereocenters. The largest absolute Gasteiger partial charge is 0.493 e. The molecule has 1 aromatic carbocycles. The lowest BCUT2D eigenvalue weighted by Crippen LogP contribution is -2.41. The first-order valence-corrected chi connectivity index (χ1v) is 7.32. The van der Waals surface area contributed by atoms with Crippen molar-refractivity contribution in [1.82, 2.24) is 10.2 Å². The van der Waals surface area contributed by atoms with Crippen molar-refractivity contribution in [3.8, 4) is 11.5 Å². The molecule has 0 aliphatic carbocycles. The van der Waals surface area contributed by atoms with E-state index in [0.717, 1.165) is 13.1 Å². The number of halogens is 2. The number of ether oxygens (including phenoxy) is 3. The zero-order valence-corrected chi connectivity index (χ0v) is 12.9. The third-order valence-electron chi connectivity index (χ3n) is 3.47. The second kappa shape index (κ2) is 8.64. The summed E-state index contributed by atoms with van der Waals surface area (Å²) in [5.41, 5.74) is 0.0200. The molecule has 6 nitrogen and oxygen atoms in total. The van der Waals surface area contributed by atoms with Gasteiger partial charge in [-0.15, -0.1) is 0 Å². The Bertz CT molecular complexity index is 522. The number of hydrogen-bond donors (Lipinski definition) is 1. The van der Waals surface area contributed by atoms with Gasteiger partial charge in [-0.05, 0) is 12.1 Å². The monoisotopic (exact) mass is 330 g/mol. The van der Waals surface area contributed by atoms with Crippen LogP contribution in [0.25, 0.3) is 0 Å². The van der Waals surface area contributed by atoms with Gasteiger partial charge in [0.2, 0.25) is 0 Å². The summed E-state index contributed by atoms with van der Waals surface area (Å²) in [5.74, 6) is -0.646. The van der Waals surface area contributed by atoms with Gasteiger partial charge in [-0.1, -0.05) is 6.07 Å². The van der Waals surface area contributed by atoms with Crippen molar-refractivity contribution >= 4 is 5.91 Å². The summed E-state index contributed by atoms with van der Waals surface area (Å²) in [6.45, 7) is 1.02. The second-order valence-corrected chi connectivity index (χ2v) is 4.93. The number of carbonyl (C=O) groups excluding carboxylic acids is 1. The minimum absolute atomic E-state index is 0.0200. The van der Waals surface area contributed by atoms with Gasteiger partial charge in [0, 0.05) is 26.2 Å². The smallest absolute Gasteiger partial charge is 0.387 e. The molecule has 2 rings (SSSR count). The minimum atomic E-state index is -3.04. The van der Waals surface area contributed by atoms with Crippen molar-refractivity contribution in [2.24, 2.45) is 0 Å². The Morgan fingerprint density at radius 3 is 2.78 bits per heavy atom. The number of methoxy groups -OCH3 is 1. The van der Waals surface area contributed by atoms with Gasteiger partial charge in [-0.3, -0.25) is 9.69 Å². The van der Waals surface area contributed by atoms with Crippen molar-refractivity contribution < 1.29 is 27.8 Å². The molecule has 1 aliphatic rings. The maximum Gasteiger partial charge on any atom is 0.387 e. The molecule has 128 valence electrons. The average molecular weight is 330 g/mol. The third-order valence-corrected chi connectivity index (χ3v) is 3.47. The van der Waals surface area contributed by atoms with Crippen LogP contribution in [0.3, 0.4) is 0 Å². The van der Waals surface area contributed by atoms with Gasteiger partial charge in [0.05, 0.1) is 25.9 Å². The van der Waals surface area contributed by atoms with Gasteiger partial charge in [0.15, 0.2) is 11.5 Å². The molecule has 1 heterocycles. The van der Waals surface area contributed by atoms with Crippen LogP contribution in [0.15, 0.2) is 18.2 Å². The van der Waals surface area contributed by atoms with Gasteiger partial charge in [-0.25, -0.2) is 0 Å². The van der Waals surface area contributed by atoms with Crippen LogP contribution in [-0.4, -0.2) is 63.9 Å². The Kier molecular flexibility index (Phi) is 6.54. The fourth-order valence-corrected chi connectivity index (χ4v) is 2.31. The zero-order valence-electron chi connectivity index (χ0n) is 12.9. The van der Waals surface area contributed by atoms with Crippen molar-refractivity contribution in [2.45, 2.75) is 6.61 Å². The molecule has 0 unspecified atom stereocenters. The highest BCUT2D eigenvalue weighted by molar-refractivity contribution is 5.97. The van der Waals surface area contributed by atoms with Gasteiger partial charge in [-0.2, -0.15) is 8.78 Å². The molecule has 1 amide bonds. The van der Waals surface area contributed by atoms with E-state index in [9.17, 15) is 13.6 Å². The Labute approximate surface area is 133 Å². The van der Waals surface area contributed by atoms with Gasteiger partial charge in [0.1, 0.15) is 0 Å². The molecule has 1 aromatic rings. The average Bonchev–Trinajstić information content (AvgIpc) is 2.55. The number of alkyl halides is 2. The second-order valence-electron chi connectivity index (χ2n) is 4.93. The molecular formula is C15H20F2N2O4. The summed E-state index contributed by atoms with van der Waals surface area (Å²) in [6, 6.07) is 4.43. The first-order valence-electron chi connectivity index (χ1n) is 7.32. The molecule has 0 saturated carbocycles. The predicted molar refractivity (Wildman–Crippen MR) is 79.2 cm³/mol. The van der Waals surface area contributed by atoms with Crippen LogP contribution in [-0.2, 0) is 4.74 Å². The molecule has 1 fully saturated rings. The first-order chi connectivity index (χ1) is 11.1. The van der Waals surface area contributed by atoms with Crippen LogP contribution >= 0.6 is 0 Å². The lowest BCUT2D eigenvalue weighted by Gasteiger charge is -2.26. The van der Waals surface area contributed by atoms with Gasteiger partial charge < -0.3 is 19.5 Å². The molecular weight excluding hydrogens is 310 g/mol. The van der Waals surface area contributed by atoms with Crippen LogP contribution in [0.4, 0.5) is 8.78 Å². The quantitative estimate of drug-likeness (QED) is 0.818. The van der Waals surface area contributed by atoms with Crippen LogP contribution < -0.4 is 14.8 Å². The molecule has 0 aromatic heterocycles. The zero-order chi connectivity index (χ0) is 16.7. The van der Waals surface area contributed by atoms with E-state index in [1.54, 1.807) is 6.07 Å². The van der Waals surface area contributed by atoms with Gasteiger partial charge >= 0.3 is 6.61 Å². The normalized spacial score (nSPS) is 15.5. The van der Waals surface area contributed by atoms with E-state index in [-0.39, 0.29) is 17.1 Å². The number of hydrogen-bond acceptors (Lipinski definition) is 5. The molecule has 8 heteroatoms. The Balaban J connectivity index is 1.97. The van der Waals surface area contributed by atoms with Crippen LogP contribution in [0, 0.1) is 0 Å². The maximum atomic E-state index is 12.5. The summed E-state index contributed by atoms with van der Waals surface area (Å²) in [4.78, 5) is 14.4. The van der Waals surface area contributed by atoms with Crippen LogP contribution in [0.1, 0.15) is 10.4 Å². The molecule has 1 saturated heterocycles. The SMILES string of the molecule is COc1cccc(C(=O)NCCN2CCOCC2)c1OC(F)F. The lowest BCUT2D eigenvalue weighted by molar-refractivity contribution is -0.0515. The standard InChI is InChI=1S/C15H20F2N2O4/c1-21-12-4-2-3-11(13(12)23-15(16)17)14(20)18-5-6-19-7-9-22-10-8-19/h2-4,15H,5-10H2,1H3,(H,18,20). The Morgan fingerprint density at radius 1 is 1.39 bits per heavy atom. The first kappa shape index (κ1) is 17.4. The fraction of sp³-hybridized carbons (Fsp3) is 0.533. The summed E-state index contributed by atoms with van der Waals surface area (Å²) < 4.78 is 39.8. The number of rotatable bonds is 7. The fourth-order valence-electron chi connectivity index (χ4n) is 2.31. The number of carbonyl (C=O) groups is 1. The van der Waals surface area contributed by atoms with Crippen LogP contribution in [0.2, 0.25) is 0 Å². The highest BCUT2D eigenvalue weighted by atomic mass is 19.3. The topological polar surface area (TPSA) is 60.0 Å². The predicted octanol–water partition coefficient (Wildman–Crippen LogP) is 1.36. The highest BCUT2D eigenvalue weighted by Gasteiger charge is 2.20. The minimum Gasteiger partial charge on any atom is -0.493 e. The summed E-state index contributed by atoms with van der Waals surface area (Å²) >= 11 is 0. The molecule has 0 bridgehead atoms. The third kappa shape index (κ3) is 5.04. The van der Waals surface area contributed by atoms with Crippen LogP contribution in [0.5, 0.6) is 11.5 Å². The van der Waals surface area contributed by atoms with Crippen molar-refractivity contribution in [3.05, 3.63) is 23.8 Å². The number of nitrogens with one attached hydrogen (secondary N) is 1. The number of para-hydroxylation sites is 1. The summed E-state index contributed by atoms with van der Waals surface area (Å²) in [5, 5.41) is 2.71. The Morgan fingerprint density at radius 2 is 2.13 bits per heavy atom. The van der Waals surface area contributed by atoms with E-state index in [1.807, 2.05) is 0 Å². The van der Waals surface area contributed by atoms with Crippen molar-refractivity contribution in [1.29, 1.82) is 0 Å².